The molecule has 0 spiro atoms. The number of nitrogens with one attached hydrogen (secondary N) is 1. The van der Waals surface area contributed by atoms with Crippen LogP contribution in [0.2, 0.25) is 0 Å². The Kier molecular flexibility index (Phi) is 6.48. The van der Waals surface area contributed by atoms with Gasteiger partial charge in [0, 0.05) is 6.42 Å². The van der Waals surface area contributed by atoms with Crippen LogP contribution in [0, 0.1) is 0 Å². The summed E-state index contributed by atoms with van der Waals surface area (Å²) in [5.41, 5.74) is -0.00419. The molecule has 1 aromatic rings. The first kappa shape index (κ1) is 16.5. The van der Waals surface area contributed by atoms with Crippen molar-refractivity contribution in [2.75, 3.05) is 19.8 Å². The van der Waals surface area contributed by atoms with E-state index in [1.165, 1.54) is 0 Å². The topological polar surface area (TPSA) is 78.8 Å². The van der Waals surface area contributed by atoms with Gasteiger partial charge in [0.1, 0.15) is 5.75 Å². The molecule has 0 heterocycles. The van der Waals surface area contributed by atoms with Gasteiger partial charge in [-0.2, -0.15) is 0 Å². The highest BCUT2D eigenvalue weighted by Gasteiger charge is 2.24. The highest BCUT2D eigenvalue weighted by molar-refractivity contribution is 5.77. The molecule has 0 saturated carbocycles. The van der Waals surface area contributed by atoms with Gasteiger partial charge in [-0.25, -0.2) is 0 Å². The fraction of sp³-hybridized carbons (Fsp3) is 0.533. The smallest absolute Gasteiger partial charge is 0.220 e. The second kappa shape index (κ2) is 7.87. The van der Waals surface area contributed by atoms with Crippen molar-refractivity contribution in [1.82, 2.24) is 5.32 Å². The van der Waals surface area contributed by atoms with Crippen LogP contribution in [-0.2, 0) is 11.2 Å². The molecule has 0 fully saturated rings. The van der Waals surface area contributed by atoms with Crippen molar-refractivity contribution < 1.29 is 19.7 Å². The van der Waals surface area contributed by atoms with Crippen molar-refractivity contribution in [2.24, 2.45) is 0 Å². The number of para-hydroxylation sites is 1. The van der Waals surface area contributed by atoms with Crippen molar-refractivity contribution in [3.05, 3.63) is 29.8 Å². The van der Waals surface area contributed by atoms with E-state index in [1.807, 2.05) is 31.2 Å². The molecule has 1 aromatic carbocycles. The zero-order valence-corrected chi connectivity index (χ0v) is 12.1. The Morgan fingerprint density at radius 1 is 1.30 bits per heavy atom. The van der Waals surface area contributed by atoms with Gasteiger partial charge in [-0.1, -0.05) is 18.2 Å². The van der Waals surface area contributed by atoms with E-state index >= 15 is 0 Å². The molecule has 112 valence electrons. The predicted molar refractivity (Wildman–Crippen MR) is 76.7 cm³/mol. The summed E-state index contributed by atoms with van der Waals surface area (Å²) in [7, 11) is 0. The number of hydrogen-bond donors (Lipinski definition) is 3. The van der Waals surface area contributed by atoms with Crippen molar-refractivity contribution in [1.29, 1.82) is 0 Å². The minimum absolute atomic E-state index is 0.207. The Balaban J connectivity index is 2.57. The number of amides is 1. The van der Waals surface area contributed by atoms with Gasteiger partial charge in [-0.3, -0.25) is 4.79 Å². The minimum atomic E-state index is -0.976. The third kappa shape index (κ3) is 4.83. The summed E-state index contributed by atoms with van der Waals surface area (Å²) in [4.78, 5) is 11.8. The maximum atomic E-state index is 11.8. The summed E-state index contributed by atoms with van der Waals surface area (Å²) in [6, 6.07) is 7.60. The SMILES string of the molecule is CCOc1ccccc1CCC(=O)NC(C)(CO)CO. The van der Waals surface area contributed by atoms with Gasteiger partial charge in [0.05, 0.1) is 25.4 Å². The van der Waals surface area contributed by atoms with Gasteiger partial charge >= 0.3 is 0 Å². The van der Waals surface area contributed by atoms with Crippen molar-refractivity contribution in [3.63, 3.8) is 0 Å². The molecule has 0 aliphatic carbocycles. The van der Waals surface area contributed by atoms with Crippen LogP contribution in [-0.4, -0.2) is 41.5 Å². The number of ether oxygens (including phenoxy) is 1. The lowest BCUT2D eigenvalue weighted by Gasteiger charge is -2.26. The monoisotopic (exact) mass is 281 g/mol. The Morgan fingerprint density at radius 3 is 2.55 bits per heavy atom. The number of benzene rings is 1. The van der Waals surface area contributed by atoms with Crippen LogP contribution in [0.5, 0.6) is 5.75 Å². The molecule has 5 nitrogen and oxygen atoms in total. The molecule has 0 saturated heterocycles. The molecule has 0 aliphatic heterocycles. The normalized spacial score (nSPS) is 11.2. The number of rotatable bonds is 8. The van der Waals surface area contributed by atoms with Crippen molar-refractivity contribution >= 4 is 5.91 Å². The fourth-order valence-corrected chi connectivity index (χ4v) is 1.78. The molecular formula is C15H23NO4. The van der Waals surface area contributed by atoms with Gasteiger partial charge in [0.15, 0.2) is 0 Å². The molecular weight excluding hydrogens is 258 g/mol. The van der Waals surface area contributed by atoms with Gasteiger partial charge < -0.3 is 20.3 Å². The lowest BCUT2D eigenvalue weighted by Crippen LogP contribution is -2.51. The Hall–Kier alpha value is -1.59. The lowest BCUT2D eigenvalue weighted by molar-refractivity contribution is -0.124. The maximum absolute atomic E-state index is 11.8. The molecule has 5 heteroatoms. The molecule has 0 unspecified atom stereocenters. The van der Waals surface area contributed by atoms with E-state index in [0.717, 1.165) is 11.3 Å². The number of carbonyl (C=O) groups is 1. The quantitative estimate of drug-likeness (QED) is 0.661. The van der Waals surface area contributed by atoms with Crippen LogP contribution in [0.15, 0.2) is 24.3 Å². The summed E-state index contributed by atoms with van der Waals surface area (Å²) in [5.74, 6) is 0.580. The van der Waals surface area contributed by atoms with E-state index in [2.05, 4.69) is 5.32 Å². The second-order valence-electron chi connectivity index (χ2n) is 4.97. The van der Waals surface area contributed by atoms with Gasteiger partial charge in [0.2, 0.25) is 5.91 Å². The molecule has 0 aromatic heterocycles. The van der Waals surface area contributed by atoms with Gasteiger partial charge in [0.25, 0.3) is 0 Å². The zero-order chi connectivity index (χ0) is 15.0. The molecule has 3 N–H and O–H groups in total. The Labute approximate surface area is 119 Å². The number of aliphatic hydroxyl groups is 2. The second-order valence-corrected chi connectivity index (χ2v) is 4.97. The van der Waals surface area contributed by atoms with Crippen molar-refractivity contribution in [2.45, 2.75) is 32.2 Å². The lowest BCUT2D eigenvalue weighted by atomic mass is 10.0. The van der Waals surface area contributed by atoms with Crippen LogP contribution >= 0.6 is 0 Å². The van der Waals surface area contributed by atoms with E-state index < -0.39 is 5.54 Å². The summed E-state index contributed by atoms with van der Waals surface area (Å²) < 4.78 is 5.50. The molecule has 1 amide bonds. The Morgan fingerprint density at radius 2 is 1.95 bits per heavy atom. The summed E-state index contributed by atoms with van der Waals surface area (Å²) >= 11 is 0. The number of aliphatic hydroxyl groups excluding tert-OH is 2. The highest BCUT2D eigenvalue weighted by atomic mass is 16.5. The summed E-state index contributed by atoms with van der Waals surface area (Å²) in [6.45, 7) is 3.49. The third-order valence-electron chi connectivity index (χ3n) is 3.03. The molecule has 0 aliphatic rings. The van der Waals surface area contributed by atoms with Crippen molar-refractivity contribution in [3.8, 4) is 5.75 Å². The van der Waals surface area contributed by atoms with Crippen LogP contribution in [0.1, 0.15) is 25.8 Å². The first-order valence-electron chi connectivity index (χ1n) is 6.78. The van der Waals surface area contributed by atoms with E-state index in [-0.39, 0.29) is 25.5 Å². The molecule has 20 heavy (non-hydrogen) atoms. The molecule has 0 atom stereocenters. The first-order chi connectivity index (χ1) is 9.54. The first-order valence-corrected chi connectivity index (χ1v) is 6.78. The number of carbonyl (C=O) groups excluding carboxylic acids is 1. The van der Waals surface area contributed by atoms with Crippen LogP contribution in [0.25, 0.3) is 0 Å². The van der Waals surface area contributed by atoms with E-state index in [0.29, 0.717) is 13.0 Å². The van der Waals surface area contributed by atoms with E-state index in [1.54, 1.807) is 6.92 Å². The third-order valence-corrected chi connectivity index (χ3v) is 3.03. The minimum Gasteiger partial charge on any atom is -0.494 e. The highest BCUT2D eigenvalue weighted by Crippen LogP contribution is 2.19. The molecule has 0 bridgehead atoms. The van der Waals surface area contributed by atoms with E-state index in [4.69, 9.17) is 14.9 Å². The molecule has 1 rings (SSSR count). The van der Waals surface area contributed by atoms with Gasteiger partial charge in [-0.15, -0.1) is 0 Å². The largest absolute Gasteiger partial charge is 0.494 e. The standard InChI is InChI=1S/C15H23NO4/c1-3-20-13-7-5-4-6-12(13)8-9-14(19)16-15(2,10-17)11-18/h4-7,17-18H,3,8-11H2,1-2H3,(H,16,19). The Bertz CT molecular complexity index is 430. The molecule has 0 radical (unpaired) electrons. The van der Waals surface area contributed by atoms with Crippen LogP contribution in [0.4, 0.5) is 0 Å². The van der Waals surface area contributed by atoms with Gasteiger partial charge in [-0.05, 0) is 31.9 Å². The number of aryl methyl sites for hydroxylation is 1. The predicted octanol–water partition coefficient (Wildman–Crippen LogP) is 0.877. The van der Waals surface area contributed by atoms with Crippen LogP contribution < -0.4 is 10.1 Å². The van der Waals surface area contributed by atoms with Crippen LogP contribution in [0.3, 0.4) is 0 Å². The fourth-order valence-electron chi connectivity index (χ4n) is 1.78. The average molecular weight is 281 g/mol. The summed E-state index contributed by atoms with van der Waals surface area (Å²) in [6.07, 6.45) is 0.828. The maximum Gasteiger partial charge on any atom is 0.220 e. The zero-order valence-electron chi connectivity index (χ0n) is 12.1. The number of hydrogen-bond acceptors (Lipinski definition) is 4. The average Bonchev–Trinajstić information content (AvgIpc) is 2.46. The van der Waals surface area contributed by atoms with E-state index in [9.17, 15) is 4.79 Å². The summed E-state index contributed by atoms with van der Waals surface area (Å²) in [5, 5.41) is 20.9.